The molecule has 2 fully saturated rings. The molecule has 0 heterocycles. The van der Waals surface area contributed by atoms with Gasteiger partial charge in [0.05, 0.1) is 0 Å². The van der Waals surface area contributed by atoms with Crippen LogP contribution in [0.3, 0.4) is 0 Å². The number of carbonyl (C=O) groups is 1. The second kappa shape index (κ2) is 7.28. The van der Waals surface area contributed by atoms with Crippen molar-refractivity contribution < 1.29 is 4.79 Å². The van der Waals surface area contributed by atoms with Crippen molar-refractivity contribution in [1.82, 2.24) is 5.32 Å². The fourth-order valence-corrected chi connectivity index (χ4v) is 3.99. The van der Waals surface area contributed by atoms with E-state index in [-0.39, 0.29) is 18.3 Å². The third-order valence-corrected chi connectivity index (χ3v) is 4.95. The van der Waals surface area contributed by atoms with Gasteiger partial charge < -0.3 is 10.6 Å². The average molecular weight is 309 g/mol. The van der Waals surface area contributed by atoms with E-state index in [1.165, 1.54) is 31.2 Å². The van der Waals surface area contributed by atoms with Crippen LogP contribution in [0, 0.1) is 17.8 Å². The second-order valence-electron chi connectivity index (χ2n) is 6.41. The lowest BCUT2D eigenvalue weighted by molar-refractivity contribution is -0.117. The molecule has 116 valence electrons. The van der Waals surface area contributed by atoms with E-state index in [9.17, 15) is 4.79 Å². The summed E-state index contributed by atoms with van der Waals surface area (Å²) in [5.41, 5.74) is 2.15. The van der Waals surface area contributed by atoms with E-state index in [1.807, 2.05) is 19.2 Å². The molecule has 2 N–H and O–H groups in total. The Hall–Kier alpha value is -1.06. The summed E-state index contributed by atoms with van der Waals surface area (Å²) in [6.07, 6.45) is 6.10. The van der Waals surface area contributed by atoms with Gasteiger partial charge in [-0.2, -0.15) is 0 Å². The topological polar surface area (TPSA) is 41.1 Å². The summed E-state index contributed by atoms with van der Waals surface area (Å²) in [5, 5.41) is 6.16. The van der Waals surface area contributed by atoms with Crippen LogP contribution in [0.1, 0.15) is 37.7 Å². The second-order valence-corrected chi connectivity index (χ2v) is 6.41. The molecule has 0 aliphatic heterocycles. The first-order valence-corrected chi connectivity index (χ1v) is 7.78. The molecule has 1 aromatic rings. The summed E-state index contributed by atoms with van der Waals surface area (Å²) in [6, 6.07) is 8.10. The van der Waals surface area contributed by atoms with Gasteiger partial charge in [-0.15, -0.1) is 12.4 Å². The van der Waals surface area contributed by atoms with Gasteiger partial charge >= 0.3 is 0 Å². The Balaban J connectivity index is 0.00000161. The van der Waals surface area contributed by atoms with Gasteiger partial charge in [-0.05, 0) is 61.8 Å². The van der Waals surface area contributed by atoms with Crippen molar-refractivity contribution in [3.8, 4) is 0 Å². The first-order chi connectivity index (χ1) is 9.74. The Morgan fingerprint density at radius 2 is 1.95 bits per heavy atom. The number of rotatable bonds is 5. The smallest absolute Gasteiger partial charge is 0.224 e. The normalized spacial score (nSPS) is 26.4. The molecule has 0 aromatic heterocycles. The zero-order valence-electron chi connectivity index (χ0n) is 12.6. The zero-order valence-corrected chi connectivity index (χ0v) is 13.4. The van der Waals surface area contributed by atoms with Crippen molar-refractivity contribution in [2.24, 2.45) is 17.8 Å². The molecule has 3 rings (SSSR count). The van der Waals surface area contributed by atoms with Crippen LogP contribution in [-0.2, 0) is 11.3 Å². The maximum absolute atomic E-state index is 12.1. The van der Waals surface area contributed by atoms with Gasteiger partial charge in [0, 0.05) is 18.7 Å². The first-order valence-electron chi connectivity index (χ1n) is 7.78. The van der Waals surface area contributed by atoms with E-state index in [2.05, 4.69) is 22.8 Å². The van der Waals surface area contributed by atoms with Crippen molar-refractivity contribution in [3.05, 3.63) is 29.8 Å². The van der Waals surface area contributed by atoms with Gasteiger partial charge in [0.2, 0.25) is 5.91 Å². The SMILES string of the molecule is CNCc1ccc(NC(=O)CC2CC3CCC2C3)cc1.Cl. The van der Waals surface area contributed by atoms with Gasteiger partial charge in [0.15, 0.2) is 0 Å². The molecule has 0 spiro atoms. The van der Waals surface area contributed by atoms with Crippen LogP contribution in [0.25, 0.3) is 0 Å². The molecular weight excluding hydrogens is 284 g/mol. The van der Waals surface area contributed by atoms with E-state index in [4.69, 9.17) is 0 Å². The Labute approximate surface area is 133 Å². The third kappa shape index (κ3) is 3.98. The van der Waals surface area contributed by atoms with Gasteiger partial charge in [-0.3, -0.25) is 4.79 Å². The van der Waals surface area contributed by atoms with E-state index in [0.29, 0.717) is 12.3 Å². The van der Waals surface area contributed by atoms with Gasteiger partial charge in [-0.25, -0.2) is 0 Å². The summed E-state index contributed by atoms with van der Waals surface area (Å²) in [7, 11) is 1.94. The van der Waals surface area contributed by atoms with Crippen LogP contribution < -0.4 is 10.6 Å². The molecule has 3 nitrogen and oxygen atoms in total. The molecule has 21 heavy (non-hydrogen) atoms. The molecule has 2 saturated carbocycles. The third-order valence-electron chi connectivity index (χ3n) is 4.95. The summed E-state index contributed by atoms with van der Waals surface area (Å²) < 4.78 is 0. The summed E-state index contributed by atoms with van der Waals surface area (Å²) in [4.78, 5) is 12.1. The number of amides is 1. The minimum atomic E-state index is 0. The van der Waals surface area contributed by atoms with E-state index < -0.39 is 0 Å². The van der Waals surface area contributed by atoms with Gasteiger partial charge in [-0.1, -0.05) is 18.6 Å². The molecule has 2 aliphatic carbocycles. The number of hydrogen-bond acceptors (Lipinski definition) is 2. The number of anilines is 1. The number of hydrogen-bond donors (Lipinski definition) is 2. The monoisotopic (exact) mass is 308 g/mol. The highest BCUT2D eigenvalue weighted by Gasteiger charge is 2.40. The van der Waals surface area contributed by atoms with Gasteiger partial charge in [0.1, 0.15) is 0 Å². The summed E-state index contributed by atoms with van der Waals surface area (Å²) >= 11 is 0. The predicted octanol–water partition coefficient (Wildman–Crippen LogP) is 3.59. The molecule has 3 unspecified atom stereocenters. The van der Waals surface area contributed by atoms with E-state index >= 15 is 0 Å². The fourth-order valence-electron chi connectivity index (χ4n) is 3.99. The molecule has 0 saturated heterocycles. The molecule has 1 aromatic carbocycles. The number of nitrogens with one attached hydrogen (secondary N) is 2. The molecule has 2 aliphatic rings. The average Bonchev–Trinajstić information content (AvgIpc) is 3.03. The lowest BCUT2D eigenvalue weighted by Gasteiger charge is -2.20. The van der Waals surface area contributed by atoms with Crippen LogP contribution in [0.2, 0.25) is 0 Å². The fraction of sp³-hybridized carbons (Fsp3) is 0.588. The maximum atomic E-state index is 12.1. The molecular formula is C17H25ClN2O. The molecule has 1 amide bonds. The number of carbonyl (C=O) groups excluding carboxylic acids is 1. The standard InChI is InChI=1S/C17H24N2O.ClH/c1-18-11-12-3-6-16(7-4-12)19-17(20)10-15-9-13-2-5-14(15)8-13;/h3-4,6-7,13-15,18H,2,5,8-11H2,1H3,(H,19,20);1H. The largest absolute Gasteiger partial charge is 0.326 e. The Kier molecular flexibility index (Phi) is 5.65. The molecule has 0 radical (unpaired) electrons. The quantitative estimate of drug-likeness (QED) is 0.872. The zero-order chi connectivity index (χ0) is 13.9. The Morgan fingerprint density at radius 1 is 1.19 bits per heavy atom. The highest BCUT2D eigenvalue weighted by Crippen LogP contribution is 2.49. The van der Waals surface area contributed by atoms with Gasteiger partial charge in [0.25, 0.3) is 0 Å². The number of fused-ring (bicyclic) bond motifs is 2. The van der Waals surface area contributed by atoms with Crippen molar-refractivity contribution >= 4 is 24.0 Å². The van der Waals surface area contributed by atoms with E-state index in [1.54, 1.807) is 0 Å². The summed E-state index contributed by atoms with van der Waals surface area (Å²) in [6.45, 7) is 0.860. The Morgan fingerprint density at radius 3 is 2.52 bits per heavy atom. The highest BCUT2D eigenvalue weighted by atomic mass is 35.5. The highest BCUT2D eigenvalue weighted by molar-refractivity contribution is 5.90. The van der Waals surface area contributed by atoms with Crippen molar-refractivity contribution in [1.29, 1.82) is 0 Å². The minimum absolute atomic E-state index is 0. The Bertz CT molecular complexity index is 474. The van der Waals surface area contributed by atoms with Crippen LogP contribution in [0.15, 0.2) is 24.3 Å². The first kappa shape index (κ1) is 16.3. The van der Waals surface area contributed by atoms with Crippen LogP contribution in [-0.4, -0.2) is 13.0 Å². The van der Waals surface area contributed by atoms with Crippen molar-refractivity contribution in [2.45, 2.75) is 38.6 Å². The number of halogens is 1. The van der Waals surface area contributed by atoms with E-state index in [0.717, 1.165) is 24.1 Å². The van der Waals surface area contributed by atoms with Crippen molar-refractivity contribution in [3.63, 3.8) is 0 Å². The van der Waals surface area contributed by atoms with Crippen molar-refractivity contribution in [2.75, 3.05) is 12.4 Å². The van der Waals surface area contributed by atoms with Crippen LogP contribution in [0.4, 0.5) is 5.69 Å². The predicted molar refractivity (Wildman–Crippen MR) is 88.6 cm³/mol. The molecule has 3 atom stereocenters. The molecule has 2 bridgehead atoms. The number of benzene rings is 1. The minimum Gasteiger partial charge on any atom is -0.326 e. The lowest BCUT2D eigenvalue weighted by atomic mass is 9.86. The molecule has 4 heteroatoms. The van der Waals surface area contributed by atoms with Crippen LogP contribution in [0.5, 0.6) is 0 Å². The lowest BCUT2D eigenvalue weighted by Crippen LogP contribution is -2.20. The summed E-state index contributed by atoms with van der Waals surface area (Å²) in [5.74, 6) is 2.56. The maximum Gasteiger partial charge on any atom is 0.224 e. The van der Waals surface area contributed by atoms with Crippen LogP contribution >= 0.6 is 12.4 Å².